The summed E-state index contributed by atoms with van der Waals surface area (Å²) < 4.78 is 27.1. The fourth-order valence-electron chi connectivity index (χ4n) is 2.70. The van der Waals surface area contributed by atoms with Crippen LogP contribution in [0.25, 0.3) is 0 Å². The molecule has 0 N–H and O–H groups in total. The van der Waals surface area contributed by atoms with Crippen LogP contribution in [0.3, 0.4) is 0 Å². The van der Waals surface area contributed by atoms with Crippen LogP contribution in [0, 0.1) is 10.1 Å². The number of aromatic nitrogens is 2. The molecular weight excluding hydrogens is 429 g/mol. The van der Waals surface area contributed by atoms with E-state index in [-0.39, 0.29) is 12.5 Å². The molecule has 0 atom stereocenters. The number of benzene rings is 1. The number of imidazole rings is 1. The van der Waals surface area contributed by atoms with E-state index in [0.717, 1.165) is 11.9 Å². The number of anilines is 2. The van der Waals surface area contributed by atoms with Gasteiger partial charge in [0.2, 0.25) is 10.0 Å². The number of sulfonamides is 1. The molecule has 0 bridgehead atoms. The normalized spacial score (nSPS) is 11.4. The zero-order chi connectivity index (χ0) is 20.9. The second kappa shape index (κ2) is 9.44. The summed E-state index contributed by atoms with van der Waals surface area (Å²) in [4.78, 5) is 16.1. The zero-order valence-corrected chi connectivity index (χ0v) is 17.8. The van der Waals surface area contributed by atoms with Crippen molar-refractivity contribution in [2.45, 2.75) is 6.54 Å². The topological polar surface area (TPSA) is 102 Å². The minimum Gasteiger partial charge on any atom is -0.390 e. The SMILES string of the molecule is Cn1c(CN(c2ccc(N(CCCl)CCCl)cc2)S(C)(=O)=O)cnc1[N+](=O)[O-]. The highest BCUT2D eigenvalue weighted by Crippen LogP contribution is 2.25. The molecule has 1 aromatic carbocycles. The molecule has 9 nitrogen and oxygen atoms in total. The Morgan fingerprint density at radius 3 is 2.11 bits per heavy atom. The molecule has 1 aromatic heterocycles. The van der Waals surface area contributed by atoms with Gasteiger partial charge in [-0.15, -0.1) is 23.2 Å². The van der Waals surface area contributed by atoms with Gasteiger partial charge in [0.15, 0.2) is 0 Å². The fraction of sp³-hybridized carbons (Fsp3) is 0.438. The van der Waals surface area contributed by atoms with Gasteiger partial charge in [-0.3, -0.25) is 4.31 Å². The van der Waals surface area contributed by atoms with E-state index in [9.17, 15) is 18.5 Å². The second-order valence-corrected chi connectivity index (χ2v) is 8.68. The Balaban J connectivity index is 2.33. The van der Waals surface area contributed by atoms with Crippen molar-refractivity contribution in [3.05, 3.63) is 46.3 Å². The van der Waals surface area contributed by atoms with Crippen LogP contribution in [-0.4, -0.2) is 54.0 Å². The first-order chi connectivity index (χ1) is 13.2. The van der Waals surface area contributed by atoms with Gasteiger partial charge in [-0.2, -0.15) is 0 Å². The minimum atomic E-state index is -3.63. The summed E-state index contributed by atoms with van der Waals surface area (Å²) in [6.07, 6.45) is 2.38. The van der Waals surface area contributed by atoms with Crippen LogP contribution < -0.4 is 9.21 Å². The van der Waals surface area contributed by atoms with E-state index >= 15 is 0 Å². The fourth-order valence-corrected chi connectivity index (χ4v) is 3.98. The van der Waals surface area contributed by atoms with Gasteiger partial charge in [-0.25, -0.2) is 13.0 Å². The van der Waals surface area contributed by atoms with E-state index in [1.54, 1.807) is 24.3 Å². The Morgan fingerprint density at radius 1 is 1.14 bits per heavy atom. The molecule has 1 heterocycles. The molecule has 154 valence electrons. The predicted molar refractivity (Wildman–Crippen MR) is 111 cm³/mol. The molecule has 0 unspecified atom stereocenters. The van der Waals surface area contributed by atoms with E-state index in [1.165, 1.54) is 22.1 Å². The van der Waals surface area contributed by atoms with Gasteiger partial charge in [0, 0.05) is 30.5 Å². The predicted octanol–water partition coefficient (Wildman–Crippen LogP) is 2.58. The number of alkyl halides is 2. The maximum atomic E-state index is 12.3. The number of hydrogen-bond donors (Lipinski definition) is 0. The first-order valence-electron chi connectivity index (χ1n) is 8.28. The molecule has 0 saturated carbocycles. The molecule has 0 aliphatic heterocycles. The van der Waals surface area contributed by atoms with Crippen molar-refractivity contribution in [3.63, 3.8) is 0 Å². The standard InChI is InChI=1S/C16H21Cl2N5O4S/c1-20-15(11-19-16(20)23(24)25)12-22(28(2,26)27)14-5-3-13(4-6-14)21(9-7-17)10-8-18/h3-6,11H,7-10,12H2,1-2H3. The maximum absolute atomic E-state index is 12.3. The largest absolute Gasteiger partial charge is 0.434 e. The molecule has 0 aliphatic rings. The Hall–Kier alpha value is -2.04. The third-order valence-corrected chi connectivity index (χ3v) is 5.62. The first kappa shape index (κ1) is 22.3. The average molecular weight is 450 g/mol. The highest BCUT2D eigenvalue weighted by molar-refractivity contribution is 7.92. The lowest BCUT2D eigenvalue weighted by Gasteiger charge is -2.25. The Kier molecular flexibility index (Phi) is 7.50. The van der Waals surface area contributed by atoms with Crippen molar-refractivity contribution >= 4 is 50.5 Å². The first-order valence-corrected chi connectivity index (χ1v) is 11.2. The summed E-state index contributed by atoms with van der Waals surface area (Å²) in [6.45, 7) is 1.15. The molecule has 2 aromatic rings. The lowest BCUT2D eigenvalue weighted by molar-refractivity contribution is -0.396. The summed E-state index contributed by atoms with van der Waals surface area (Å²) in [7, 11) is -2.16. The van der Waals surface area contributed by atoms with Gasteiger partial charge in [0.1, 0.15) is 11.9 Å². The molecule has 2 rings (SSSR count). The number of rotatable bonds is 10. The highest BCUT2D eigenvalue weighted by atomic mass is 35.5. The quantitative estimate of drug-likeness (QED) is 0.313. The third-order valence-electron chi connectivity index (χ3n) is 4.14. The zero-order valence-electron chi connectivity index (χ0n) is 15.5. The van der Waals surface area contributed by atoms with Crippen LogP contribution in [0.5, 0.6) is 0 Å². The molecule has 0 fully saturated rings. The Labute approximate surface area is 173 Å². The third kappa shape index (κ3) is 5.27. The number of hydrogen-bond acceptors (Lipinski definition) is 6. The average Bonchev–Trinajstić information content (AvgIpc) is 2.99. The highest BCUT2D eigenvalue weighted by Gasteiger charge is 2.24. The van der Waals surface area contributed by atoms with Crippen LogP contribution in [0.1, 0.15) is 5.69 Å². The van der Waals surface area contributed by atoms with Crippen molar-refractivity contribution in [3.8, 4) is 0 Å². The second-order valence-electron chi connectivity index (χ2n) is 6.02. The minimum absolute atomic E-state index is 0.0808. The monoisotopic (exact) mass is 449 g/mol. The smallest absolute Gasteiger partial charge is 0.390 e. The molecule has 0 amide bonds. The van der Waals surface area contributed by atoms with Crippen LogP contribution in [0.2, 0.25) is 0 Å². The van der Waals surface area contributed by atoms with E-state index in [0.29, 0.717) is 36.2 Å². The summed E-state index contributed by atoms with van der Waals surface area (Å²) in [5.74, 6) is 0.525. The molecular formula is C16H21Cl2N5O4S. The molecule has 0 spiro atoms. The Morgan fingerprint density at radius 2 is 1.68 bits per heavy atom. The molecule has 0 saturated heterocycles. The van der Waals surface area contributed by atoms with E-state index in [4.69, 9.17) is 23.2 Å². The number of nitro groups is 1. The van der Waals surface area contributed by atoms with E-state index in [2.05, 4.69) is 4.98 Å². The summed E-state index contributed by atoms with van der Waals surface area (Å²) in [5, 5.41) is 11.0. The molecule has 12 heteroatoms. The number of halogens is 2. The lowest BCUT2D eigenvalue weighted by Crippen LogP contribution is -2.30. The molecule has 28 heavy (non-hydrogen) atoms. The molecule has 0 radical (unpaired) electrons. The van der Waals surface area contributed by atoms with Gasteiger partial charge >= 0.3 is 5.95 Å². The van der Waals surface area contributed by atoms with Crippen LogP contribution in [0.4, 0.5) is 17.3 Å². The summed E-state index contributed by atoms with van der Waals surface area (Å²) >= 11 is 11.6. The van der Waals surface area contributed by atoms with Crippen molar-refractivity contribution in [2.75, 3.05) is 40.3 Å². The van der Waals surface area contributed by atoms with E-state index in [1.807, 2.05) is 4.90 Å². The van der Waals surface area contributed by atoms with Gasteiger partial charge in [-0.05, 0) is 29.2 Å². The van der Waals surface area contributed by atoms with Crippen LogP contribution in [-0.2, 0) is 23.6 Å². The van der Waals surface area contributed by atoms with Crippen LogP contribution >= 0.6 is 23.2 Å². The summed E-state index contributed by atoms with van der Waals surface area (Å²) in [6, 6.07) is 6.93. The van der Waals surface area contributed by atoms with Gasteiger partial charge in [0.05, 0.1) is 25.5 Å². The molecule has 0 aliphatic carbocycles. The van der Waals surface area contributed by atoms with Crippen molar-refractivity contribution < 1.29 is 13.3 Å². The van der Waals surface area contributed by atoms with Crippen molar-refractivity contribution in [1.82, 2.24) is 9.55 Å². The number of nitrogens with zero attached hydrogens (tertiary/aromatic N) is 5. The maximum Gasteiger partial charge on any atom is 0.434 e. The van der Waals surface area contributed by atoms with Gasteiger partial charge < -0.3 is 15.0 Å². The van der Waals surface area contributed by atoms with E-state index < -0.39 is 14.9 Å². The van der Waals surface area contributed by atoms with Crippen LogP contribution in [0.15, 0.2) is 30.5 Å². The lowest BCUT2D eigenvalue weighted by atomic mass is 10.2. The summed E-state index contributed by atoms with van der Waals surface area (Å²) in [5.41, 5.74) is 1.70. The van der Waals surface area contributed by atoms with Gasteiger partial charge in [0.25, 0.3) is 0 Å². The Bertz CT molecular complexity index is 912. The van der Waals surface area contributed by atoms with Gasteiger partial charge in [-0.1, -0.05) is 4.98 Å². The van der Waals surface area contributed by atoms with Crippen molar-refractivity contribution in [2.24, 2.45) is 7.05 Å². The van der Waals surface area contributed by atoms with Crippen molar-refractivity contribution in [1.29, 1.82) is 0 Å².